The average Bonchev–Trinajstić information content (AvgIpc) is 2.76. The molecule has 0 amide bonds. The van der Waals surface area contributed by atoms with Crippen LogP contribution < -0.4 is 0 Å². The van der Waals surface area contributed by atoms with Crippen molar-refractivity contribution in [2.45, 2.75) is 25.7 Å². The molecule has 0 N–H and O–H groups in total. The van der Waals surface area contributed by atoms with E-state index in [1.54, 1.807) is 0 Å². The van der Waals surface area contributed by atoms with Gasteiger partial charge in [-0.1, -0.05) is 6.07 Å². The van der Waals surface area contributed by atoms with Gasteiger partial charge >= 0.3 is 0 Å². The molecule has 16 heavy (non-hydrogen) atoms. The van der Waals surface area contributed by atoms with Crippen LogP contribution in [0, 0.1) is 6.92 Å². The van der Waals surface area contributed by atoms with Gasteiger partial charge in [0.1, 0.15) is 5.65 Å². The van der Waals surface area contributed by atoms with Gasteiger partial charge in [-0.25, -0.2) is 4.98 Å². The lowest BCUT2D eigenvalue weighted by molar-refractivity contribution is 0.623. The Morgan fingerprint density at radius 2 is 2.19 bits per heavy atom. The van der Waals surface area contributed by atoms with Crippen molar-refractivity contribution in [2.75, 3.05) is 11.5 Å². The molecule has 1 saturated heterocycles. The molecule has 2 aromatic rings. The summed E-state index contributed by atoms with van der Waals surface area (Å²) in [5.41, 5.74) is 3.67. The Morgan fingerprint density at radius 1 is 1.38 bits per heavy atom. The van der Waals surface area contributed by atoms with Crippen molar-refractivity contribution >= 4 is 17.4 Å². The largest absolute Gasteiger partial charge is 0.307 e. The van der Waals surface area contributed by atoms with Crippen LogP contribution in [0.15, 0.2) is 24.5 Å². The van der Waals surface area contributed by atoms with E-state index in [0.29, 0.717) is 5.92 Å². The minimum Gasteiger partial charge on any atom is -0.307 e. The molecular weight excluding hydrogens is 216 g/mol. The highest BCUT2D eigenvalue weighted by atomic mass is 32.2. The zero-order chi connectivity index (χ0) is 11.0. The topological polar surface area (TPSA) is 17.3 Å². The van der Waals surface area contributed by atoms with Crippen LogP contribution >= 0.6 is 11.8 Å². The summed E-state index contributed by atoms with van der Waals surface area (Å²) >= 11 is 2.07. The third-order valence-corrected chi connectivity index (χ3v) is 4.38. The van der Waals surface area contributed by atoms with Crippen LogP contribution in [0.5, 0.6) is 0 Å². The number of nitrogens with zero attached hydrogens (tertiary/aromatic N) is 2. The second kappa shape index (κ2) is 4.13. The first-order valence-corrected chi connectivity index (χ1v) is 7.02. The first-order chi connectivity index (χ1) is 7.84. The molecule has 0 aromatic carbocycles. The highest BCUT2D eigenvalue weighted by Gasteiger charge is 2.18. The summed E-state index contributed by atoms with van der Waals surface area (Å²) in [7, 11) is 0. The standard InChI is InChI=1S/C13H16N2S/c1-10-3-2-6-15-9-12(14-13(10)15)11-4-7-16-8-5-11/h2-3,6,9,11H,4-5,7-8H2,1H3. The molecular formula is C13H16N2S. The van der Waals surface area contributed by atoms with E-state index in [1.807, 2.05) is 0 Å². The molecule has 0 aliphatic carbocycles. The summed E-state index contributed by atoms with van der Waals surface area (Å²) in [4.78, 5) is 4.79. The molecule has 3 heteroatoms. The second-order valence-corrected chi connectivity index (χ2v) is 5.70. The predicted octanol–water partition coefficient (Wildman–Crippen LogP) is 3.25. The SMILES string of the molecule is Cc1cccn2cc(C3CCSCC3)nc12. The summed E-state index contributed by atoms with van der Waals surface area (Å²) in [6, 6.07) is 4.22. The van der Waals surface area contributed by atoms with Crippen LogP contribution in [0.3, 0.4) is 0 Å². The summed E-state index contributed by atoms with van der Waals surface area (Å²) in [5, 5.41) is 0. The third kappa shape index (κ3) is 1.73. The fourth-order valence-corrected chi connectivity index (χ4v) is 3.47. The van der Waals surface area contributed by atoms with E-state index in [4.69, 9.17) is 4.98 Å². The van der Waals surface area contributed by atoms with Gasteiger partial charge in [0.25, 0.3) is 0 Å². The number of fused-ring (bicyclic) bond motifs is 1. The molecule has 84 valence electrons. The van der Waals surface area contributed by atoms with Gasteiger partial charge in [-0.3, -0.25) is 0 Å². The molecule has 0 spiro atoms. The number of rotatable bonds is 1. The molecule has 0 atom stereocenters. The summed E-state index contributed by atoms with van der Waals surface area (Å²) in [6.07, 6.45) is 6.88. The third-order valence-electron chi connectivity index (χ3n) is 3.34. The van der Waals surface area contributed by atoms with Gasteiger partial charge in [-0.15, -0.1) is 0 Å². The van der Waals surface area contributed by atoms with Crippen LogP contribution in [-0.2, 0) is 0 Å². The van der Waals surface area contributed by atoms with Crippen LogP contribution in [0.1, 0.15) is 30.0 Å². The first kappa shape index (κ1) is 10.2. The predicted molar refractivity (Wildman–Crippen MR) is 69.2 cm³/mol. The molecule has 1 aliphatic heterocycles. The van der Waals surface area contributed by atoms with Crippen molar-refractivity contribution in [3.63, 3.8) is 0 Å². The second-order valence-electron chi connectivity index (χ2n) is 4.47. The molecule has 2 aromatic heterocycles. The van der Waals surface area contributed by atoms with E-state index in [9.17, 15) is 0 Å². The summed E-state index contributed by atoms with van der Waals surface area (Å²) in [5.74, 6) is 3.26. The molecule has 0 bridgehead atoms. The van der Waals surface area contributed by atoms with Crippen molar-refractivity contribution in [1.82, 2.24) is 9.38 Å². The minimum absolute atomic E-state index is 0.681. The van der Waals surface area contributed by atoms with Gasteiger partial charge in [0.15, 0.2) is 0 Å². The van der Waals surface area contributed by atoms with Crippen molar-refractivity contribution in [2.24, 2.45) is 0 Å². The van der Waals surface area contributed by atoms with Crippen molar-refractivity contribution in [3.8, 4) is 0 Å². The molecule has 1 fully saturated rings. The maximum atomic E-state index is 4.79. The van der Waals surface area contributed by atoms with Crippen LogP contribution in [-0.4, -0.2) is 20.9 Å². The van der Waals surface area contributed by atoms with Gasteiger partial charge in [0.2, 0.25) is 0 Å². The van der Waals surface area contributed by atoms with Crippen LogP contribution in [0.25, 0.3) is 5.65 Å². The highest BCUT2D eigenvalue weighted by Crippen LogP contribution is 2.31. The van der Waals surface area contributed by atoms with Crippen molar-refractivity contribution in [1.29, 1.82) is 0 Å². The van der Waals surface area contributed by atoms with E-state index in [1.165, 1.54) is 35.6 Å². The van der Waals surface area contributed by atoms with Crippen LogP contribution in [0.4, 0.5) is 0 Å². The number of imidazole rings is 1. The maximum Gasteiger partial charge on any atom is 0.139 e. The zero-order valence-corrected chi connectivity index (χ0v) is 10.3. The Bertz CT molecular complexity index is 498. The van der Waals surface area contributed by atoms with Gasteiger partial charge < -0.3 is 4.40 Å². The van der Waals surface area contributed by atoms with Crippen molar-refractivity contribution in [3.05, 3.63) is 35.8 Å². The normalized spacial score (nSPS) is 18.1. The number of aromatic nitrogens is 2. The zero-order valence-electron chi connectivity index (χ0n) is 9.52. The minimum atomic E-state index is 0.681. The first-order valence-electron chi connectivity index (χ1n) is 5.86. The number of hydrogen-bond donors (Lipinski definition) is 0. The molecule has 0 saturated carbocycles. The van der Waals surface area contributed by atoms with Gasteiger partial charge in [0, 0.05) is 18.3 Å². The molecule has 3 rings (SSSR count). The fourth-order valence-electron chi connectivity index (χ4n) is 2.36. The lowest BCUT2D eigenvalue weighted by atomic mass is 10.00. The number of pyridine rings is 1. The molecule has 0 radical (unpaired) electrons. The summed E-state index contributed by atoms with van der Waals surface area (Å²) in [6.45, 7) is 2.13. The molecule has 1 aliphatic rings. The fraction of sp³-hybridized carbons (Fsp3) is 0.462. The Kier molecular flexibility index (Phi) is 2.64. The lowest BCUT2D eigenvalue weighted by Crippen LogP contribution is -2.07. The number of aryl methyl sites for hydroxylation is 1. The Balaban J connectivity index is 2.01. The maximum absolute atomic E-state index is 4.79. The monoisotopic (exact) mass is 232 g/mol. The lowest BCUT2D eigenvalue weighted by Gasteiger charge is -2.18. The van der Waals surface area contributed by atoms with E-state index in [2.05, 4.69) is 47.6 Å². The Morgan fingerprint density at radius 3 is 2.94 bits per heavy atom. The smallest absolute Gasteiger partial charge is 0.139 e. The van der Waals surface area contributed by atoms with Gasteiger partial charge in [-0.05, 0) is 42.9 Å². The number of thioether (sulfide) groups is 1. The van der Waals surface area contributed by atoms with Gasteiger partial charge in [0.05, 0.1) is 5.69 Å². The highest BCUT2D eigenvalue weighted by molar-refractivity contribution is 7.99. The average molecular weight is 232 g/mol. The van der Waals surface area contributed by atoms with Crippen LogP contribution in [0.2, 0.25) is 0 Å². The Hall–Kier alpha value is -0.960. The molecule has 0 unspecified atom stereocenters. The van der Waals surface area contributed by atoms with E-state index in [-0.39, 0.29) is 0 Å². The van der Waals surface area contributed by atoms with Crippen molar-refractivity contribution < 1.29 is 0 Å². The molecule has 3 heterocycles. The Labute approximate surface area is 100 Å². The van der Waals surface area contributed by atoms with E-state index >= 15 is 0 Å². The van der Waals surface area contributed by atoms with E-state index < -0.39 is 0 Å². The molecule has 2 nitrogen and oxygen atoms in total. The van der Waals surface area contributed by atoms with E-state index in [0.717, 1.165) is 5.65 Å². The summed E-state index contributed by atoms with van der Waals surface area (Å²) < 4.78 is 2.16. The quantitative estimate of drug-likeness (QED) is 0.751. The van der Waals surface area contributed by atoms with Gasteiger partial charge in [-0.2, -0.15) is 11.8 Å². The number of hydrogen-bond acceptors (Lipinski definition) is 2.